The lowest BCUT2D eigenvalue weighted by atomic mass is 10.2. The summed E-state index contributed by atoms with van der Waals surface area (Å²) in [7, 11) is 0. The molecule has 2 aromatic rings. The van der Waals surface area contributed by atoms with Gasteiger partial charge in [-0.05, 0) is 12.1 Å². The van der Waals surface area contributed by atoms with Crippen LogP contribution < -0.4 is 16.7 Å². The molecule has 0 aliphatic rings. The Kier molecular flexibility index (Phi) is 5.36. The van der Waals surface area contributed by atoms with E-state index in [0.29, 0.717) is 0 Å². The zero-order valence-corrected chi connectivity index (χ0v) is 12.4. The first-order valence-corrected chi connectivity index (χ1v) is 6.79. The van der Waals surface area contributed by atoms with Crippen LogP contribution >= 0.6 is 11.6 Å². The van der Waals surface area contributed by atoms with Crippen molar-refractivity contribution in [3.63, 3.8) is 0 Å². The zero-order chi connectivity index (χ0) is 16.8. The lowest BCUT2D eigenvalue weighted by molar-refractivity contribution is -0.121. The summed E-state index contributed by atoms with van der Waals surface area (Å²) >= 11 is 5.80. The number of aromatic amines is 2. The van der Waals surface area contributed by atoms with Crippen molar-refractivity contribution >= 4 is 23.7 Å². The predicted molar refractivity (Wildman–Crippen MR) is 80.9 cm³/mol. The van der Waals surface area contributed by atoms with E-state index in [1.165, 1.54) is 18.2 Å². The van der Waals surface area contributed by atoms with Crippen LogP contribution in [-0.2, 0) is 11.2 Å². The molecule has 0 fully saturated rings. The van der Waals surface area contributed by atoms with Crippen LogP contribution in [0.4, 0.5) is 4.39 Å². The van der Waals surface area contributed by atoms with Crippen molar-refractivity contribution in [2.75, 3.05) is 0 Å². The van der Waals surface area contributed by atoms with E-state index in [1.807, 2.05) is 4.98 Å². The molecule has 10 heteroatoms. The van der Waals surface area contributed by atoms with Crippen LogP contribution in [0.2, 0.25) is 5.02 Å². The highest BCUT2D eigenvalue weighted by Crippen LogP contribution is 2.16. The van der Waals surface area contributed by atoms with Crippen LogP contribution in [0.3, 0.4) is 0 Å². The Labute approximate surface area is 133 Å². The van der Waals surface area contributed by atoms with Gasteiger partial charge < -0.3 is 0 Å². The Hall–Kier alpha value is -2.81. The van der Waals surface area contributed by atoms with Crippen LogP contribution in [0.5, 0.6) is 0 Å². The molecule has 3 N–H and O–H groups in total. The Morgan fingerprint density at radius 3 is 2.91 bits per heavy atom. The van der Waals surface area contributed by atoms with Crippen molar-refractivity contribution in [2.24, 2.45) is 5.10 Å². The molecule has 8 nitrogen and oxygen atoms in total. The number of hydrazone groups is 1. The van der Waals surface area contributed by atoms with Gasteiger partial charge in [-0.1, -0.05) is 17.7 Å². The standard InChI is InChI=1S/C13H11ClFN5O3/c14-8-2-1-3-9(15)7(8)6-16-19-11(21)5-4-10-12(22)17-13(23)20-18-10/h1-3,6H,4-5H2,(H,19,21)(H2,17,20,22,23)/b16-6+. The fourth-order valence-corrected chi connectivity index (χ4v) is 1.84. The molecule has 0 unspecified atom stereocenters. The highest BCUT2D eigenvalue weighted by Gasteiger charge is 2.07. The second-order valence-corrected chi connectivity index (χ2v) is 4.79. The highest BCUT2D eigenvalue weighted by atomic mass is 35.5. The maximum Gasteiger partial charge on any atom is 0.342 e. The van der Waals surface area contributed by atoms with Gasteiger partial charge in [-0.2, -0.15) is 10.2 Å². The second-order valence-electron chi connectivity index (χ2n) is 4.38. The number of halogens is 2. The monoisotopic (exact) mass is 339 g/mol. The zero-order valence-electron chi connectivity index (χ0n) is 11.6. The van der Waals surface area contributed by atoms with E-state index in [1.54, 1.807) is 0 Å². The number of amides is 1. The maximum atomic E-state index is 13.5. The third-order valence-electron chi connectivity index (χ3n) is 2.75. The fraction of sp³-hybridized carbons (Fsp3) is 0.154. The minimum absolute atomic E-state index is 0.00786. The molecule has 0 atom stereocenters. The average molecular weight is 340 g/mol. The quantitative estimate of drug-likeness (QED) is 0.537. The van der Waals surface area contributed by atoms with E-state index in [9.17, 15) is 18.8 Å². The summed E-state index contributed by atoms with van der Waals surface area (Å²) in [5.74, 6) is -1.08. The molecule has 0 saturated heterocycles. The van der Waals surface area contributed by atoms with Gasteiger partial charge in [-0.25, -0.2) is 19.7 Å². The third kappa shape index (κ3) is 4.58. The number of carbonyl (C=O) groups excluding carboxylic acids is 1. The Morgan fingerprint density at radius 2 is 2.22 bits per heavy atom. The number of aryl methyl sites for hydroxylation is 1. The van der Waals surface area contributed by atoms with Crippen LogP contribution in [0.15, 0.2) is 32.9 Å². The lowest BCUT2D eigenvalue weighted by Crippen LogP contribution is -2.28. The van der Waals surface area contributed by atoms with Crippen LogP contribution in [0, 0.1) is 5.82 Å². The minimum Gasteiger partial charge on any atom is -0.273 e. The summed E-state index contributed by atoms with van der Waals surface area (Å²) in [5, 5.41) is 9.36. The number of nitrogens with zero attached hydrogens (tertiary/aromatic N) is 2. The summed E-state index contributed by atoms with van der Waals surface area (Å²) < 4.78 is 13.5. The molecular weight excluding hydrogens is 329 g/mol. The van der Waals surface area contributed by atoms with Crippen LogP contribution in [0.25, 0.3) is 0 Å². The number of benzene rings is 1. The molecule has 23 heavy (non-hydrogen) atoms. The smallest absolute Gasteiger partial charge is 0.273 e. The molecule has 0 bridgehead atoms. The molecule has 1 aromatic carbocycles. The summed E-state index contributed by atoms with van der Waals surface area (Å²) in [6.45, 7) is 0. The van der Waals surface area contributed by atoms with Gasteiger partial charge >= 0.3 is 5.69 Å². The highest BCUT2D eigenvalue weighted by molar-refractivity contribution is 6.33. The molecule has 0 saturated carbocycles. The van der Waals surface area contributed by atoms with Crippen LogP contribution in [0.1, 0.15) is 17.7 Å². The van der Waals surface area contributed by atoms with Crippen molar-refractivity contribution in [3.8, 4) is 0 Å². The maximum absolute atomic E-state index is 13.5. The van der Waals surface area contributed by atoms with Gasteiger partial charge in [0, 0.05) is 18.4 Å². The Bertz CT molecular complexity index is 841. The van der Waals surface area contributed by atoms with Gasteiger partial charge in [0.15, 0.2) is 0 Å². The van der Waals surface area contributed by atoms with Crippen molar-refractivity contribution in [2.45, 2.75) is 12.8 Å². The molecule has 1 heterocycles. The number of H-pyrrole nitrogens is 2. The number of aromatic nitrogens is 3. The van der Waals surface area contributed by atoms with Crippen molar-refractivity contribution < 1.29 is 9.18 Å². The number of hydrogen-bond acceptors (Lipinski definition) is 5. The van der Waals surface area contributed by atoms with E-state index < -0.39 is 23.0 Å². The summed E-state index contributed by atoms with van der Waals surface area (Å²) in [6.07, 6.45) is 0.999. The molecule has 0 spiro atoms. The number of nitrogens with one attached hydrogen (secondary N) is 3. The SMILES string of the molecule is O=C(CCc1n[nH]c(=O)[nH]c1=O)N/N=C/c1c(F)cccc1Cl. The van der Waals surface area contributed by atoms with E-state index in [2.05, 4.69) is 20.7 Å². The average Bonchev–Trinajstić information content (AvgIpc) is 2.49. The van der Waals surface area contributed by atoms with E-state index in [4.69, 9.17) is 11.6 Å². The van der Waals surface area contributed by atoms with Crippen LogP contribution in [-0.4, -0.2) is 27.3 Å². The number of rotatable bonds is 5. The summed E-state index contributed by atoms with van der Waals surface area (Å²) in [6, 6.07) is 4.15. The van der Waals surface area contributed by atoms with E-state index in [-0.39, 0.29) is 29.1 Å². The molecular formula is C13H11ClFN5O3. The van der Waals surface area contributed by atoms with Gasteiger partial charge in [0.1, 0.15) is 11.5 Å². The van der Waals surface area contributed by atoms with Gasteiger partial charge in [0.05, 0.1) is 11.2 Å². The van der Waals surface area contributed by atoms with Crippen molar-refractivity contribution in [1.82, 2.24) is 20.6 Å². The predicted octanol–water partition coefficient (Wildman–Crippen LogP) is 0.334. The molecule has 0 aliphatic heterocycles. The van der Waals surface area contributed by atoms with Gasteiger partial charge in [0.2, 0.25) is 5.91 Å². The first-order valence-electron chi connectivity index (χ1n) is 6.41. The Morgan fingerprint density at radius 1 is 1.43 bits per heavy atom. The summed E-state index contributed by atoms with van der Waals surface area (Å²) in [5.41, 5.74) is 0.853. The first-order chi connectivity index (χ1) is 11.0. The summed E-state index contributed by atoms with van der Waals surface area (Å²) in [4.78, 5) is 35.8. The third-order valence-corrected chi connectivity index (χ3v) is 3.08. The van der Waals surface area contributed by atoms with Gasteiger partial charge in [0.25, 0.3) is 5.56 Å². The molecule has 0 aliphatic carbocycles. The van der Waals surface area contributed by atoms with E-state index in [0.717, 1.165) is 6.21 Å². The first kappa shape index (κ1) is 16.6. The second kappa shape index (κ2) is 7.45. The molecule has 1 amide bonds. The van der Waals surface area contributed by atoms with Crippen molar-refractivity contribution in [1.29, 1.82) is 0 Å². The van der Waals surface area contributed by atoms with E-state index >= 15 is 0 Å². The molecule has 2 rings (SSSR count). The normalized spacial score (nSPS) is 10.9. The molecule has 1 aromatic heterocycles. The largest absolute Gasteiger partial charge is 0.342 e. The Balaban J connectivity index is 1.91. The molecule has 0 radical (unpaired) electrons. The lowest BCUT2D eigenvalue weighted by Gasteiger charge is -2.01. The van der Waals surface area contributed by atoms with Gasteiger partial charge in [-0.15, -0.1) is 0 Å². The number of hydrogen-bond donors (Lipinski definition) is 3. The topological polar surface area (TPSA) is 120 Å². The minimum atomic E-state index is -0.727. The fourth-order valence-electron chi connectivity index (χ4n) is 1.63. The molecule has 120 valence electrons. The number of carbonyl (C=O) groups is 1. The van der Waals surface area contributed by atoms with Crippen molar-refractivity contribution in [3.05, 3.63) is 61.1 Å². The van der Waals surface area contributed by atoms with Gasteiger partial charge in [-0.3, -0.25) is 14.6 Å².